The van der Waals surface area contributed by atoms with E-state index in [9.17, 15) is 4.79 Å². The van der Waals surface area contributed by atoms with Crippen molar-refractivity contribution in [3.63, 3.8) is 0 Å². The molecule has 1 aromatic rings. The lowest BCUT2D eigenvalue weighted by Gasteiger charge is -2.25. The molecule has 0 radical (unpaired) electrons. The van der Waals surface area contributed by atoms with Gasteiger partial charge in [0.05, 0.1) is 17.5 Å². The number of aryl methyl sites for hydroxylation is 1. The molecule has 0 heterocycles. The highest BCUT2D eigenvalue weighted by Gasteiger charge is 2.31. The molecule has 1 aromatic carbocycles. The van der Waals surface area contributed by atoms with Crippen LogP contribution in [0.5, 0.6) is 5.75 Å². The summed E-state index contributed by atoms with van der Waals surface area (Å²) in [4.78, 5) is 11.7. The van der Waals surface area contributed by atoms with Gasteiger partial charge < -0.3 is 4.74 Å². The second-order valence-corrected chi connectivity index (χ2v) is 4.81. The maximum absolute atomic E-state index is 11.7. The van der Waals surface area contributed by atoms with Gasteiger partial charge in [-0.1, -0.05) is 11.6 Å². The molecule has 0 aliphatic rings. The predicted molar refractivity (Wildman–Crippen MR) is 68.1 cm³/mol. The highest BCUT2D eigenvalue weighted by Crippen LogP contribution is 2.34. The molecule has 0 aliphatic carbocycles. The smallest absolute Gasteiger partial charge is 0.243 e. The minimum atomic E-state index is -0.741. The maximum atomic E-state index is 11.7. The average molecular weight is 257 g/mol. The molecular weight excluding hydrogens is 240 g/mol. The zero-order valence-corrected chi connectivity index (χ0v) is 11.2. The van der Waals surface area contributed by atoms with Crippen LogP contribution in [0.4, 0.5) is 0 Å². The average Bonchev–Trinajstić information content (AvgIpc) is 2.30. The van der Waals surface area contributed by atoms with E-state index >= 15 is 0 Å². The van der Waals surface area contributed by atoms with E-state index in [-0.39, 0.29) is 5.91 Å². The van der Waals surface area contributed by atoms with Crippen LogP contribution in [0.2, 0.25) is 5.02 Å². The lowest BCUT2D eigenvalue weighted by Crippen LogP contribution is -2.44. The Morgan fingerprint density at radius 3 is 2.53 bits per heavy atom. The summed E-state index contributed by atoms with van der Waals surface area (Å²) in [6, 6.07) is 3.55. The molecule has 3 N–H and O–H groups in total. The summed E-state index contributed by atoms with van der Waals surface area (Å²) in [5.41, 5.74) is 3.18. The number of hydrazine groups is 1. The van der Waals surface area contributed by atoms with Gasteiger partial charge in [-0.2, -0.15) is 0 Å². The van der Waals surface area contributed by atoms with Gasteiger partial charge in [-0.3, -0.25) is 10.2 Å². The third-order valence-electron chi connectivity index (χ3n) is 2.87. The molecule has 0 fully saturated rings. The van der Waals surface area contributed by atoms with Crippen molar-refractivity contribution in [2.75, 3.05) is 7.11 Å². The van der Waals surface area contributed by atoms with Gasteiger partial charge in [-0.25, -0.2) is 5.84 Å². The number of ether oxygens (including phenoxy) is 1. The Hall–Kier alpha value is -1.26. The van der Waals surface area contributed by atoms with E-state index in [0.29, 0.717) is 10.8 Å². The van der Waals surface area contributed by atoms with Crippen molar-refractivity contribution >= 4 is 17.5 Å². The monoisotopic (exact) mass is 256 g/mol. The van der Waals surface area contributed by atoms with Crippen LogP contribution < -0.4 is 16.0 Å². The SMILES string of the molecule is COc1cc(C)c(C(C)(C)C(=O)NN)cc1Cl. The van der Waals surface area contributed by atoms with Crippen LogP contribution in [0.3, 0.4) is 0 Å². The number of benzene rings is 1. The van der Waals surface area contributed by atoms with Crippen molar-refractivity contribution in [1.29, 1.82) is 0 Å². The Balaban J connectivity index is 3.32. The van der Waals surface area contributed by atoms with Gasteiger partial charge in [0.1, 0.15) is 5.75 Å². The normalized spacial score (nSPS) is 11.2. The second-order valence-electron chi connectivity index (χ2n) is 4.40. The fourth-order valence-electron chi connectivity index (χ4n) is 1.79. The number of nitrogens with two attached hydrogens (primary N) is 1. The molecule has 1 rings (SSSR count). The predicted octanol–water partition coefficient (Wildman–Crippen LogP) is 1.92. The van der Waals surface area contributed by atoms with Crippen molar-refractivity contribution < 1.29 is 9.53 Å². The first-order chi connectivity index (χ1) is 7.84. The highest BCUT2D eigenvalue weighted by atomic mass is 35.5. The first-order valence-corrected chi connectivity index (χ1v) is 5.58. The number of hydrogen-bond donors (Lipinski definition) is 2. The Morgan fingerprint density at radius 1 is 1.47 bits per heavy atom. The van der Waals surface area contributed by atoms with Gasteiger partial charge in [0.25, 0.3) is 0 Å². The van der Waals surface area contributed by atoms with E-state index in [2.05, 4.69) is 5.43 Å². The number of halogens is 1. The van der Waals surface area contributed by atoms with Crippen molar-refractivity contribution in [2.45, 2.75) is 26.2 Å². The van der Waals surface area contributed by atoms with E-state index in [4.69, 9.17) is 22.2 Å². The fourth-order valence-corrected chi connectivity index (χ4v) is 2.03. The zero-order valence-electron chi connectivity index (χ0n) is 10.4. The van der Waals surface area contributed by atoms with Crippen LogP contribution in [0.25, 0.3) is 0 Å². The first kappa shape index (κ1) is 13.8. The molecule has 5 heteroatoms. The van der Waals surface area contributed by atoms with Crippen molar-refractivity contribution in [3.8, 4) is 5.75 Å². The number of carbonyl (C=O) groups excluding carboxylic acids is 1. The van der Waals surface area contributed by atoms with Crippen molar-refractivity contribution in [1.82, 2.24) is 5.43 Å². The molecule has 0 aliphatic heterocycles. The van der Waals surface area contributed by atoms with Crippen LogP contribution in [0.15, 0.2) is 12.1 Å². The van der Waals surface area contributed by atoms with E-state index in [1.807, 2.05) is 13.0 Å². The number of amides is 1. The van der Waals surface area contributed by atoms with Gasteiger partial charge in [-0.15, -0.1) is 0 Å². The Labute approximate surface area is 106 Å². The molecule has 4 nitrogen and oxygen atoms in total. The number of nitrogens with one attached hydrogen (secondary N) is 1. The molecule has 0 spiro atoms. The number of methoxy groups -OCH3 is 1. The summed E-state index contributed by atoms with van der Waals surface area (Å²) in [6.07, 6.45) is 0. The topological polar surface area (TPSA) is 64.3 Å². The van der Waals surface area contributed by atoms with E-state index in [1.165, 1.54) is 0 Å². The molecule has 0 unspecified atom stereocenters. The fraction of sp³-hybridized carbons (Fsp3) is 0.417. The van der Waals surface area contributed by atoms with Crippen LogP contribution in [-0.2, 0) is 10.2 Å². The molecule has 0 bridgehead atoms. The minimum Gasteiger partial charge on any atom is -0.495 e. The quantitative estimate of drug-likeness (QED) is 0.493. The first-order valence-electron chi connectivity index (χ1n) is 5.20. The molecule has 0 saturated heterocycles. The number of carbonyl (C=O) groups is 1. The van der Waals surface area contributed by atoms with Gasteiger partial charge in [0.15, 0.2) is 0 Å². The summed E-state index contributed by atoms with van der Waals surface area (Å²) in [6.45, 7) is 5.49. The lowest BCUT2D eigenvalue weighted by molar-refractivity contribution is -0.125. The summed E-state index contributed by atoms with van der Waals surface area (Å²) < 4.78 is 5.12. The standard InChI is InChI=1S/C12H17ClN2O2/c1-7-5-10(17-4)9(13)6-8(7)12(2,3)11(16)15-14/h5-6H,14H2,1-4H3,(H,15,16). The largest absolute Gasteiger partial charge is 0.495 e. The van der Waals surface area contributed by atoms with Crippen LogP contribution in [0.1, 0.15) is 25.0 Å². The van der Waals surface area contributed by atoms with Crippen molar-refractivity contribution in [3.05, 3.63) is 28.3 Å². The third-order valence-corrected chi connectivity index (χ3v) is 3.17. The van der Waals surface area contributed by atoms with E-state index in [1.54, 1.807) is 27.0 Å². The van der Waals surface area contributed by atoms with Gasteiger partial charge in [-0.05, 0) is 44.0 Å². The van der Waals surface area contributed by atoms with Gasteiger partial charge in [0, 0.05) is 0 Å². The minimum absolute atomic E-state index is 0.262. The number of hydrogen-bond acceptors (Lipinski definition) is 3. The number of rotatable bonds is 3. The summed E-state index contributed by atoms with van der Waals surface area (Å²) in [5.74, 6) is 5.51. The zero-order chi connectivity index (χ0) is 13.2. The van der Waals surface area contributed by atoms with Gasteiger partial charge >= 0.3 is 0 Å². The van der Waals surface area contributed by atoms with Gasteiger partial charge in [0.2, 0.25) is 5.91 Å². The van der Waals surface area contributed by atoms with Crippen LogP contribution in [-0.4, -0.2) is 13.0 Å². The van der Waals surface area contributed by atoms with Crippen LogP contribution >= 0.6 is 11.6 Å². The molecule has 94 valence electrons. The molecule has 0 aromatic heterocycles. The summed E-state index contributed by atoms with van der Waals surface area (Å²) >= 11 is 6.07. The van der Waals surface area contributed by atoms with E-state index in [0.717, 1.165) is 11.1 Å². The maximum Gasteiger partial charge on any atom is 0.243 e. The highest BCUT2D eigenvalue weighted by molar-refractivity contribution is 6.32. The molecule has 17 heavy (non-hydrogen) atoms. The third kappa shape index (κ3) is 2.53. The van der Waals surface area contributed by atoms with E-state index < -0.39 is 5.41 Å². The Morgan fingerprint density at radius 2 is 2.06 bits per heavy atom. The molecular formula is C12H17ClN2O2. The summed E-state index contributed by atoms with van der Waals surface area (Å²) in [5, 5.41) is 0.478. The van der Waals surface area contributed by atoms with Crippen LogP contribution in [0, 0.1) is 6.92 Å². The molecule has 0 saturated carbocycles. The van der Waals surface area contributed by atoms with Crippen molar-refractivity contribution in [2.24, 2.45) is 5.84 Å². The Bertz CT molecular complexity index is 444. The Kier molecular flexibility index (Phi) is 4.01. The summed E-state index contributed by atoms with van der Waals surface area (Å²) in [7, 11) is 1.55. The lowest BCUT2D eigenvalue weighted by atomic mass is 9.81. The molecule has 0 atom stereocenters. The second kappa shape index (κ2) is 4.94. The molecule has 1 amide bonds.